The second-order valence-electron chi connectivity index (χ2n) is 11.0. The van der Waals surface area contributed by atoms with Crippen molar-refractivity contribution in [1.29, 1.82) is 0 Å². The van der Waals surface area contributed by atoms with Crippen molar-refractivity contribution in [2.75, 3.05) is 10.6 Å². The minimum absolute atomic E-state index is 0.0592. The van der Waals surface area contributed by atoms with Gasteiger partial charge in [-0.2, -0.15) is 0 Å². The summed E-state index contributed by atoms with van der Waals surface area (Å²) in [5.41, 5.74) is 3.41. The van der Waals surface area contributed by atoms with Crippen molar-refractivity contribution in [3.8, 4) is 11.3 Å². The van der Waals surface area contributed by atoms with E-state index in [-0.39, 0.29) is 17.0 Å². The van der Waals surface area contributed by atoms with Crippen LogP contribution in [0.5, 0.6) is 0 Å². The zero-order chi connectivity index (χ0) is 33.0. The lowest BCUT2D eigenvalue weighted by Crippen LogP contribution is -2.19. The van der Waals surface area contributed by atoms with Crippen LogP contribution in [-0.4, -0.2) is 27.9 Å². The number of aromatic nitrogens is 1. The van der Waals surface area contributed by atoms with Crippen molar-refractivity contribution in [3.63, 3.8) is 0 Å². The summed E-state index contributed by atoms with van der Waals surface area (Å²) in [6.45, 7) is 0. The van der Waals surface area contributed by atoms with E-state index in [2.05, 4.69) is 34.9 Å². The van der Waals surface area contributed by atoms with E-state index in [4.69, 9.17) is 4.98 Å². The van der Waals surface area contributed by atoms with Crippen LogP contribution in [0.2, 0.25) is 0 Å². The number of fused-ring (bicyclic) bond motifs is 2. The number of carbonyl (C=O) groups is 3. The second-order valence-corrected chi connectivity index (χ2v) is 13.0. The first-order chi connectivity index (χ1) is 23.4. The topological polar surface area (TPSA) is 108 Å². The van der Waals surface area contributed by atoms with Crippen LogP contribution in [0.1, 0.15) is 31.5 Å². The van der Waals surface area contributed by atoms with Crippen molar-refractivity contribution in [3.05, 3.63) is 156 Å². The monoisotopic (exact) mass is 665 g/mol. The number of aromatic carboxylic acids is 1. The highest BCUT2D eigenvalue weighted by Gasteiger charge is 2.24. The fourth-order valence-electron chi connectivity index (χ4n) is 5.57. The molecule has 3 N–H and O–H groups in total. The number of amides is 2. The number of carboxylic acid groups (broad SMARTS) is 1. The van der Waals surface area contributed by atoms with Crippen LogP contribution in [0, 0.1) is 0 Å². The minimum atomic E-state index is -1.10. The van der Waals surface area contributed by atoms with Gasteiger partial charge in [0.15, 0.2) is 5.13 Å². The highest BCUT2D eigenvalue weighted by molar-refractivity contribution is 8.00. The van der Waals surface area contributed by atoms with Gasteiger partial charge in [-0.1, -0.05) is 97.1 Å². The number of carbonyl (C=O) groups excluding carboxylic acids is 2. The third-order valence-corrected chi connectivity index (χ3v) is 9.85. The molecule has 0 spiro atoms. The molecule has 0 aliphatic carbocycles. The molecule has 48 heavy (non-hydrogen) atoms. The number of rotatable bonds is 9. The van der Waals surface area contributed by atoms with E-state index in [0.29, 0.717) is 21.6 Å². The molecule has 9 heteroatoms. The van der Waals surface area contributed by atoms with Gasteiger partial charge in [-0.25, -0.2) is 9.78 Å². The highest BCUT2D eigenvalue weighted by atomic mass is 32.2. The number of benzene rings is 6. The number of carboxylic acids is 1. The first-order valence-corrected chi connectivity index (χ1v) is 16.8. The lowest BCUT2D eigenvalue weighted by atomic mass is 9.98. The first-order valence-electron chi connectivity index (χ1n) is 15.1. The number of thiazole rings is 1. The van der Waals surface area contributed by atoms with Gasteiger partial charge in [0.1, 0.15) is 5.25 Å². The molecule has 0 bridgehead atoms. The quantitative estimate of drug-likeness (QED) is 0.133. The van der Waals surface area contributed by atoms with Gasteiger partial charge >= 0.3 is 5.97 Å². The average Bonchev–Trinajstić information content (AvgIpc) is 3.58. The van der Waals surface area contributed by atoms with Crippen LogP contribution in [0.15, 0.2) is 144 Å². The van der Waals surface area contributed by atoms with Gasteiger partial charge in [-0.05, 0) is 58.1 Å². The molecule has 1 atom stereocenters. The van der Waals surface area contributed by atoms with Crippen molar-refractivity contribution in [1.82, 2.24) is 4.98 Å². The molecule has 0 aliphatic heterocycles. The molecule has 0 aliphatic rings. The summed E-state index contributed by atoms with van der Waals surface area (Å²) in [5, 5.41) is 20.8. The Morgan fingerprint density at radius 2 is 1.40 bits per heavy atom. The maximum atomic E-state index is 13.8. The number of nitrogens with one attached hydrogen (secondary N) is 2. The Hall–Kier alpha value is -5.77. The molecule has 1 heterocycles. The summed E-state index contributed by atoms with van der Waals surface area (Å²) in [5.74, 6) is -1.76. The Balaban J connectivity index is 1.11. The molecule has 0 radical (unpaired) electrons. The van der Waals surface area contributed by atoms with Gasteiger partial charge < -0.3 is 15.7 Å². The van der Waals surface area contributed by atoms with Crippen LogP contribution in [0.3, 0.4) is 0 Å². The lowest BCUT2D eigenvalue weighted by Gasteiger charge is -2.17. The van der Waals surface area contributed by atoms with E-state index in [1.54, 1.807) is 48.5 Å². The second kappa shape index (κ2) is 13.5. The van der Waals surface area contributed by atoms with E-state index < -0.39 is 17.1 Å². The number of thioether (sulfide) groups is 1. The molecule has 2 amide bonds. The molecular weight excluding hydrogens is 639 g/mol. The van der Waals surface area contributed by atoms with Crippen molar-refractivity contribution >= 4 is 73.2 Å². The molecular formula is C39H27N3O4S2. The van der Waals surface area contributed by atoms with E-state index in [1.807, 2.05) is 60.0 Å². The van der Waals surface area contributed by atoms with Crippen LogP contribution in [0.4, 0.5) is 10.8 Å². The van der Waals surface area contributed by atoms with E-state index in [0.717, 1.165) is 32.5 Å². The van der Waals surface area contributed by atoms with Crippen molar-refractivity contribution < 1.29 is 19.5 Å². The fourth-order valence-corrected chi connectivity index (χ4v) is 7.38. The zero-order valence-electron chi connectivity index (χ0n) is 25.3. The van der Waals surface area contributed by atoms with Crippen molar-refractivity contribution in [2.24, 2.45) is 0 Å². The van der Waals surface area contributed by atoms with Crippen LogP contribution >= 0.6 is 23.1 Å². The van der Waals surface area contributed by atoms with Crippen LogP contribution < -0.4 is 10.6 Å². The SMILES string of the molecule is O=C(O)c1cccc2cccc(C(=O)Nc3cccc(SC(C(=O)Nc4nc(-c5ccc6ccccc6c5)cs4)c4ccccc4)c3)c12. The summed E-state index contributed by atoms with van der Waals surface area (Å²) in [7, 11) is 0. The molecule has 1 aromatic heterocycles. The minimum Gasteiger partial charge on any atom is -0.478 e. The predicted molar refractivity (Wildman–Crippen MR) is 194 cm³/mol. The molecule has 0 saturated carbocycles. The van der Waals surface area contributed by atoms with Gasteiger partial charge in [0.25, 0.3) is 5.91 Å². The number of anilines is 2. The summed E-state index contributed by atoms with van der Waals surface area (Å²) in [6.07, 6.45) is 0. The van der Waals surface area contributed by atoms with Gasteiger partial charge in [0.2, 0.25) is 5.91 Å². The van der Waals surface area contributed by atoms with E-state index >= 15 is 0 Å². The van der Waals surface area contributed by atoms with Gasteiger partial charge in [-0.3, -0.25) is 9.59 Å². The van der Waals surface area contributed by atoms with E-state index in [1.165, 1.54) is 29.2 Å². The number of hydrogen-bond acceptors (Lipinski definition) is 6. The molecule has 0 fully saturated rings. The summed E-state index contributed by atoms with van der Waals surface area (Å²) < 4.78 is 0. The molecule has 7 aromatic rings. The highest BCUT2D eigenvalue weighted by Crippen LogP contribution is 2.38. The number of hydrogen-bond donors (Lipinski definition) is 3. The summed E-state index contributed by atoms with van der Waals surface area (Å²) in [4.78, 5) is 44.7. The third kappa shape index (κ3) is 6.55. The van der Waals surface area contributed by atoms with Gasteiger partial charge in [0.05, 0.1) is 11.3 Å². The Morgan fingerprint density at radius 3 is 2.19 bits per heavy atom. The molecule has 6 aromatic carbocycles. The predicted octanol–water partition coefficient (Wildman–Crippen LogP) is 9.54. The average molecular weight is 666 g/mol. The molecule has 7 nitrogen and oxygen atoms in total. The largest absolute Gasteiger partial charge is 0.478 e. The van der Waals surface area contributed by atoms with Crippen LogP contribution in [-0.2, 0) is 4.79 Å². The lowest BCUT2D eigenvalue weighted by molar-refractivity contribution is -0.115. The van der Waals surface area contributed by atoms with Crippen molar-refractivity contribution in [2.45, 2.75) is 10.1 Å². The maximum Gasteiger partial charge on any atom is 0.336 e. The van der Waals surface area contributed by atoms with Crippen LogP contribution in [0.25, 0.3) is 32.8 Å². The Labute approximate surface area is 284 Å². The van der Waals surface area contributed by atoms with E-state index in [9.17, 15) is 19.5 Å². The Kier molecular flexibility index (Phi) is 8.70. The first kappa shape index (κ1) is 30.9. The molecule has 0 saturated heterocycles. The third-order valence-electron chi connectivity index (χ3n) is 7.85. The fraction of sp³-hybridized carbons (Fsp3) is 0.0256. The summed E-state index contributed by atoms with van der Waals surface area (Å²) in [6, 6.07) is 41.1. The normalized spacial score (nSPS) is 11.7. The molecule has 7 rings (SSSR count). The summed E-state index contributed by atoms with van der Waals surface area (Å²) >= 11 is 2.73. The molecule has 234 valence electrons. The van der Waals surface area contributed by atoms with Gasteiger partial charge in [0, 0.05) is 32.5 Å². The Morgan fingerprint density at radius 1 is 0.688 bits per heavy atom. The maximum absolute atomic E-state index is 13.8. The molecule has 1 unspecified atom stereocenters. The number of nitrogens with zero attached hydrogens (tertiary/aromatic N) is 1. The van der Waals surface area contributed by atoms with Gasteiger partial charge in [-0.15, -0.1) is 23.1 Å². The standard InChI is InChI=1S/C39H27N3O4S2/c43-36(31-17-6-13-25-14-7-18-32(34(25)31)38(45)46)40-29-15-8-16-30(22-29)48-35(26-10-2-1-3-11-26)37(44)42-39-41-33(23-47-39)28-20-19-24-9-4-5-12-27(24)21-28/h1-23,35H,(H,40,43)(H,45,46)(H,41,42,44). The smallest absolute Gasteiger partial charge is 0.336 e. The zero-order valence-corrected chi connectivity index (χ0v) is 26.9. The Bertz CT molecular complexity index is 2310.